The van der Waals surface area contributed by atoms with E-state index in [1.165, 1.54) is 11.8 Å². The van der Waals surface area contributed by atoms with Gasteiger partial charge in [-0.2, -0.15) is 0 Å². The van der Waals surface area contributed by atoms with Crippen LogP contribution < -0.4 is 9.47 Å². The molecule has 0 aromatic heterocycles. The average molecular weight is 422 g/mol. The van der Waals surface area contributed by atoms with Crippen molar-refractivity contribution < 1.29 is 23.8 Å². The fraction of sp³-hybridized carbons (Fsp3) is 0.292. The summed E-state index contributed by atoms with van der Waals surface area (Å²) >= 11 is 0. The van der Waals surface area contributed by atoms with Crippen LogP contribution in [0.1, 0.15) is 31.9 Å². The van der Waals surface area contributed by atoms with Crippen molar-refractivity contribution >= 4 is 23.8 Å². The maximum absolute atomic E-state index is 13.1. The highest BCUT2D eigenvalue weighted by atomic mass is 16.5. The monoisotopic (exact) mass is 422 g/mol. The zero-order chi connectivity index (χ0) is 22.2. The van der Waals surface area contributed by atoms with Gasteiger partial charge in [0, 0.05) is 12.5 Å². The van der Waals surface area contributed by atoms with Gasteiger partial charge >= 0.3 is 5.97 Å². The van der Waals surface area contributed by atoms with Gasteiger partial charge in [-0.05, 0) is 37.6 Å². The summed E-state index contributed by atoms with van der Waals surface area (Å²) in [6.45, 7) is 6.49. The van der Waals surface area contributed by atoms with Crippen LogP contribution in [0.25, 0.3) is 6.08 Å². The van der Waals surface area contributed by atoms with E-state index >= 15 is 0 Å². The SMILES string of the molecule is CCOc1ccc(C=C2N=C(c3ccccc3)N(CCOC(C)=O)C2=O)cc1OCC. The number of amides is 1. The Morgan fingerprint density at radius 3 is 2.42 bits per heavy atom. The minimum Gasteiger partial charge on any atom is -0.490 e. The first kappa shape index (κ1) is 22.1. The number of esters is 1. The number of ether oxygens (including phenoxy) is 3. The van der Waals surface area contributed by atoms with E-state index in [9.17, 15) is 9.59 Å². The summed E-state index contributed by atoms with van der Waals surface area (Å²) in [6.07, 6.45) is 1.72. The van der Waals surface area contributed by atoms with Gasteiger partial charge in [0.2, 0.25) is 0 Å². The minimum atomic E-state index is -0.390. The second kappa shape index (κ2) is 10.4. The van der Waals surface area contributed by atoms with Crippen LogP contribution in [0.2, 0.25) is 0 Å². The van der Waals surface area contributed by atoms with Crippen molar-refractivity contribution in [2.75, 3.05) is 26.4 Å². The van der Waals surface area contributed by atoms with Crippen LogP contribution in [0.3, 0.4) is 0 Å². The minimum absolute atomic E-state index is 0.0950. The molecule has 1 amide bonds. The number of nitrogens with zero attached hydrogens (tertiary/aromatic N) is 2. The summed E-state index contributed by atoms with van der Waals surface area (Å²) in [5, 5.41) is 0. The van der Waals surface area contributed by atoms with E-state index in [0.717, 1.165) is 11.1 Å². The maximum atomic E-state index is 13.1. The lowest BCUT2D eigenvalue weighted by molar-refractivity contribution is -0.142. The Labute approximate surface area is 181 Å². The van der Waals surface area contributed by atoms with Gasteiger partial charge in [0.15, 0.2) is 11.5 Å². The molecule has 0 radical (unpaired) electrons. The normalized spacial score (nSPS) is 14.5. The summed E-state index contributed by atoms with van der Waals surface area (Å²) in [7, 11) is 0. The van der Waals surface area contributed by atoms with Crippen LogP contribution in [0, 0.1) is 0 Å². The Kier molecular flexibility index (Phi) is 7.43. The predicted molar refractivity (Wildman–Crippen MR) is 118 cm³/mol. The molecule has 31 heavy (non-hydrogen) atoms. The van der Waals surface area contributed by atoms with Crippen LogP contribution in [0.4, 0.5) is 0 Å². The fourth-order valence-corrected chi connectivity index (χ4v) is 3.16. The summed E-state index contributed by atoms with van der Waals surface area (Å²) in [5.41, 5.74) is 1.88. The fourth-order valence-electron chi connectivity index (χ4n) is 3.16. The van der Waals surface area contributed by atoms with E-state index in [1.54, 1.807) is 6.08 Å². The van der Waals surface area contributed by atoms with E-state index in [-0.39, 0.29) is 19.1 Å². The standard InChI is InChI=1S/C24H26N2O5/c1-4-29-21-12-11-18(16-22(21)30-5-2)15-20-24(28)26(13-14-31-17(3)27)23(25-20)19-9-7-6-8-10-19/h6-12,15-16H,4-5,13-14H2,1-3H3. The van der Waals surface area contributed by atoms with E-state index in [0.29, 0.717) is 36.2 Å². The van der Waals surface area contributed by atoms with Crippen molar-refractivity contribution in [1.29, 1.82) is 0 Å². The van der Waals surface area contributed by atoms with Crippen LogP contribution in [-0.4, -0.2) is 49.0 Å². The zero-order valence-corrected chi connectivity index (χ0v) is 18.0. The molecule has 1 aliphatic heterocycles. The number of carbonyl (C=O) groups is 2. The maximum Gasteiger partial charge on any atom is 0.302 e. The summed E-state index contributed by atoms with van der Waals surface area (Å²) < 4.78 is 16.3. The van der Waals surface area contributed by atoms with Crippen LogP contribution in [-0.2, 0) is 14.3 Å². The molecule has 2 aromatic carbocycles. The molecule has 0 saturated heterocycles. The lowest BCUT2D eigenvalue weighted by Crippen LogP contribution is -2.35. The highest BCUT2D eigenvalue weighted by Crippen LogP contribution is 2.30. The van der Waals surface area contributed by atoms with Gasteiger partial charge in [0.1, 0.15) is 18.1 Å². The smallest absolute Gasteiger partial charge is 0.302 e. The Hall–Kier alpha value is -3.61. The highest BCUT2D eigenvalue weighted by Gasteiger charge is 2.31. The molecule has 162 valence electrons. The second-order valence-corrected chi connectivity index (χ2v) is 6.70. The van der Waals surface area contributed by atoms with Crippen molar-refractivity contribution in [3.63, 3.8) is 0 Å². The molecule has 0 aliphatic carbocycles. The van der Waals surface area contributed by atoms with Gasteiger partial charge < -0.3 is 14.2 Å². The van der Waals surface area contributed by atoms with Crippen molar-refractivity contribution in [1.82, 2.24) is 4.90 Å². The van der Waals surface area contributed by atoms with E-state index in [4.69, 9.17) is 14.2 Å². The number of benzene rings is 2. The third-order valence-electron chi connectivity index (χ3n) is 4.47. The van der Waals surface area contributed by atoms with Gasteiger partial charge in [0.05, 0.1) is 19.8 Å². The first-order valence-electron chi connectivity index (χ1n) is 10.2. The summed E-state index contributed by atoms with van der Waals surface area (Å²) in [4.78, 5) is 30.3. The molecule has 3 rings (SSSR count). The Morgan fingerprint density at radius 1 is 1.03 bits per heavy atom. The van der Waals surface area contributed by atoms with Crippen molar-refractivity contribution in [2.45, 2.75) is 20.8 Å². The van der Waals surface area contributed by atoms with Gasteiger partial charge in [0.25, 0.3) is 5.91 Å². The molecule has 0 fully saturated rings. The molecule has 0 unspecified atom stereocenters. The molecule has 2 aromatic rings. The van der Waals surface area contributed by atoms with Gasteiger partial charge in [-0.15, -0.1) is 0 Å². The number of hydrogen-bond acceptors (Lipinski definition) is 6. The van der Waals surface area contributed by atoms with Crippen LogP contribution in [0.5, 0.6) is 11.5 Å². The molecule has 1 heterocycles. The molecule has 1 aliphatic rings. The number of hydrogen-bond donors (Lipinski definition) is 0. The lowest BCUT2D eigenvalue weighted by atomic mass is 10.1. The molecule has 0 spiro atoms. The first-order chi connectivity index (χ1) is 15.0. The Morgan fingerprint density at radius 2 is 1.74 bits per heavy atom. The first-order valence-corrected chi connectivity index (χ1v) is 10.2. The van der Waals surface area contributed by atoms with Crippen molar-refractivity contribution in [3.8, 4) is 11.5 Å². The van der Waals surface area contributed by atoms with Crippen molar-refractivity contribution in [3.05, 3.63) is 65.4 Å². The summed E-state index contributed by atoms with van der Waals surface area (Å²) in [6, 6.07) is 14.9. The van der Waals surface area contributed by atoms with Gasteiger partial charge in [-0.3, -0.25) is 14.5 Å². The molecule has 7 heteroatoms. The molecule has 0 bridgehead atoms. The quantitative estimate of drug-likeness (QED) is 0.455. The molecule has 0 saturated carbocycles. The van der Waals surface area contributed by atoms with Crippen LogP contribution >= 0.6 is 0 Å². The zero-order valence-electron chi connectivity index (χ0n) is 18.0. The largest absolute Gasteiger partial charge is 0.490 e. The summed E-state index contributed by atoms with van der Waals surface area (Å²) in [5.74, 6) is 1.15. The Bertz CT molecular complexity index is 998. The lowest BCUT2D eigenvalue weighted by Gasteiger charge is -2.18. The molecular formula is C24H26N2O5. The average Bonchev–Trinajstić information content (AvgIpc) is 3.06. The van der Waals surface area contributed by atoms with Crippen LogP contribution in [0.15, 0.2) is 59.2 Å². The topological polar surface area (TPSA) is 77.4 Å². The molecular weight excluding hydrogens is 396 g/mol. The third kappa shape index (κ3) is 5.51. The number of rotatable bonds is 9. The highest BCUT2D eigenvalue weighted by molar-refractivity contribution is 6.19. The van der Waals surface area contributed by atoms with Crippen molar-refractivity contribution in [2.24, 2.45) is 4.99 Å². The van der Waals surface area contributed by atoms with Gasteiger partial charge in [-0.25, -0.2) is 4.99 Å². The van der Waals surface area contributed by atoms with E-state index in [1.807, 2.05) is 62.4 Å². The van der Waals surface area contributed by atoms with E-state index in [2.05, 4.69) is 4.99 Å². The number of aliphatic imine (C=N–C) groups is 1. The molecule has 0 atom stereocenters. The van der Waals surface area contributed by atoms with E-state index < -0.39 is 5.97 Å². The third-order valence-corrected chi connectivity index (χ3v) is 4.47. The molecule has 7 nitrogen and oxygen atoms in total. The number of carbonyl (C=O) groups excluding carboxylic acids is 2. The number of amidine groups is 1. The van der Waals surface area contributed by atoms with Gasteiger partial charge in [-0.1, -0.05) is 36.4 Å². The Balaban J connectivity index is 1.93. The second-order valence-electron chi connectivity index (χ2n) is 6.70. The predicted octanol–water partition coefficient (Wildman–Crippen LogP) is 3.68. The molecule has 0 N–H and O–H groups in total.